The van der Waals surface area contributed by atoms with Gasteiger partial charge in [0.15, 0.2) is 0 Å². The summed E-state index contributed by atoms with van der Waals surface area (Å²) in [6.45, 7) is 0. The topological polar surface area (TPSA) is 57.7 Å². The summed E-state index contributed by atoms with van der Waals surface area (Å²) in [4.78, 5) is 38.6. The van der Waals surface area contributed by atoms with Crippen LogP contribution in [0.2, 0.25) is 0 Å². The van der Waals surface area contributed by atoms with Crippen LogP contribution in [0.4, 0.5) is 4.79 Å². The molecule has 2 aromatic carbocycles. The summed E-state index contributed by atoms with van der Waals surface area (Å²) in [6, 6.07) is 16.2. The Hall–Kier alpha value is -2.95. The van der Waals surface area contributed by atoms with Crippen molar-refractivity contribution in [3.63, 3.8) is 0 Å². The number of hydrogen-bond acceptors (Lipinski definition) is 3. The number of amides is 4. The van der Waals surface area contributed by atoms with Gasteiger partial charge in [-0.15, -0.1) is 0 Å². The molecule has 0 heterocycles. The molecule has 0 unspecified atom stereocenters. The minimum absolute atomic E-state index is 0.388. The minimum Gasteiger partial charge on any atom is -0.269 e. The zero-order valence-electron chi connectivity index (χ0n) is 12.4. The average molecular weight is 296 g/mol. The zero-order chi connectivity index (χ0) is 16.1. The Kier molecular flexibility index (Phi) is 4.68. The molecule has 22 heavy (non-hydrogen) atoms. The van der Waals surface area contributed by atoms with Gasteiger partial charge in [0.1, 0.15) is 0 Å². The maximum Gasteiger partial charge on any atom is 0.333 e. The number of urea groups is 1. The molecule has 112 valence electrons. The maximum absolute atomic E-state index is 12.3. The Morgan fingerprint density at radius 3 is 1.27 bits per heavy atom. The summed E-state index contributed by atoms with van der Waals surface area (Å²) in [5.74, 6) is -0.920. The molecule has 0 fully saturated rings. The summed E-state index contributed by atoms with van der Waals surface area (Å²) in [5.41, 5.74) is 0.776. The summed E-state index contributed by atoms with van der Waals surface area (Å²) < 4.78 is 0. The summed E-state index contributed by atoms with van der Waals surface area (Å²) in [5, 5.41) is 0. The Morgan fingerprint density at radius 1 is 0.636 bits per heavy atom. The van der Waals surface area contributed by atoms with Gasteiger partial charge in [0.2, 0.25) is 0 Å². The fourth-order valence-corrected chi connectivity index (χ4v) is 1.95. The van der Waals surface area contributed by atoms with Crippen LogP contribution in [0.1, 0.15) is 20.7 Å². The van der Waals surface area contributed by atoms with Gasteiger partial charge in [0, 0.05) is 25.2 Å². The highest BCUT2D eigenvalue weighted by atomic mass is 16.2. The van der Waals surface area contributed by atoms with E-state index in [1.165, 1.54) is 14.1 Å². The van der Waals surface area contributed by atoms with E-state index in [9.17, 15) is 14.4 Å². The first kappa shape index (κ1) is 15.4. The smallest absolute Gasteiger partial charge is 0.269 e. The van der Waals surface area contributed by atoms with Crippen molar-refractivity contribution in [2.75, 3.05) is 14.1 Å². The molecule has 0 spiro atoms. The van der Waals surface area contributed by atoms with Crippen molar-refractivity contribution >= 4 is 17.8 Å². The molecule has 0 saturated heterocycles. The lowest BCUT2D eigenvalue weighted by atomic mass is 10.2. The first-order chi connectivity index (χ1) is 10.5. The number of benzene rings is 2. The van der Waals surface area contributed by atoms with Gasteiger partial charge >= 0.3 is 6.03 Å². The van der Waals surface area contributed by atoms with Crippen LogP contribution in [-0.4, -0.2) is 41.7 Å². The number of hydrogen-bond donors (Lipinski definition) is 0. The monoisotopic (exact) mass is 296 g/mol. The van der Waals surface area contributed by atoms with Crippen molar-refractivity contribution in [3.8, 4) is 0 Å². The van der Waals surface area contributed by atoms with Gasteiger partial charge in [-0.1, -0.05) is 36.4 Å². The van der Waals surface area contributed by atoms with Crippen molar-refractivity contribution in [1.82, 2.24) is 9.80 Å². The highest BCUT2D eigenvalue weighted by Gasteiger charge is 2.26. The molecule has 0 N–H and O–H groups in total. The van der Waals surface area contributed by atoms with E-state index in [2.05, 4.69) is 0 Å². The van der Waals surface area contributed by atoms with Crippen molar-refractivity contribution in [3.05, 3.63) is 71.8 Å². The maximum atomic E-state index is 12.3. The second-order valence-corrected chi connectivity index (χ2v) is 4.74. The number of carbonyl (C=O) groups is 3. The summed E-state index contributed by atoms with van der Waals surface area (Å²) in [6.07, 6.45) is 0. The summed E-state index contributed by atoms with van der Waals surface area (Å²) >= 11 is 0. The molecule has 2 rings (SSSR count). The quantitative estimate of drug-likeness (QED) is 0.856. The van der Waals surface area contributed by atoms with Crippen molar-refractivity contribution in [1.29, 1.82) is 0 Å². The highest BCUT2D eigenvalue weighted by Crippen LogP contribution is 2.08. The third kappa shape index (κ3) is 3.20. The Morgan fingerprint density at radius 2 is 0.955 bits per heavy atom. The van der Waals surface area contributed by atoms with Crippen LogP contribution in [0.25, 0.3) is 0 Å². The molecule has 0 aromatic heterocycles. The van der Waals surface area contributed by atoms with Crippen LogP contribution < -0.4 is 0 Å². The van der Waals surface area contributed by atoms with E-state index < -0.39 is 17.8 Å². The summed E-state index contributed by atoms with van der Waals surface area (Å²) in [7, 11) is 2.71. The van der Waals surface area contributed by atoms with Gasteiger partial charge in [-0.2, -0.15) is 0 Å². The van der Waals surface area contributed by atoms with E-state index in [0.29, 0.717) is 11.1 Å². The molecule has 0 atom stereocenters. The Labute approximate surface area is 128 Å². The van der Waals surface area contributed by atoms with Gasteiger partial charge in [-0.25, -0.2) is 4.79 Å². The van der Waals surface area contributed by atoms with Crippen LogP contribution in [-0.2, 0) is 0 Å². The van der Waals surface area contributed by atoms with Crippen molar-refractivity contribution in [2.45, 2.75) is 0 Å². The molecule has 0 radical (unpaired) electrons. The Bertz CT molecular complexity index is 624. The number of imide groups is 2. The number of rotatable bonds is 2. The normalized spacial score (nSPS) is 9.91. The first-order valence-corrected chi connectivity index (χ1v) is 6.72. The van der Waals surface area contributed by atoms with Gasteiger partial charge < -0.3 is 0 Å². The fraction of sp³-hybridized carbons (Fsp3) is 0.118. The van der Waals surface area contributed by atoms with Crippen LogP contribution in [0, 0.1) is 0 Å². The SMILES string of the molecule is CN(C(=O)c1ccccc1)C(=O)N(C)C(=O)c1ccccc1. The zero-order valence-corrected chi connectivity index (χ0v) is 12.4. The lowest BCUT2D eigenvalue weighted by Gasteiger charge is -2.22. The molecule has 0 aliphatic carbocycles. The van der Waals surface area contributed by atoms with E-state index >= 15 is 0 Å². The lowest BCUT2D eigenvalue weighted by molar-refractivity contribution is 0.0738. The lowest BCUT2D eigenvalue weighted by Crippen LogP contribution is -2.44. The predicted octanol–water partition coefficient (Wildman–Crippen LogP) is 2.65. The van der Waals surface area contributed by atoms with Gasteiger partial charge in [-0.3, -0.25) is 19.4 Å². The van der Waals surface area contributed by atoms with Crippen LogP contribution in [0.3, 0.4) is 0 Å². The molecule has 5 heteroatoms. The second kappa shape index (κ2) is 6.67. The molecule has 0 aliphatic rings. The van der Waals surface area contributed by atoms with Crippen molar-refractivity contribution < 1.29 is 14.4 Å². The molecule has 0 aliphatic heterocycles. The molecular weight excluding hydrogens is 280 g/mol. The molecule has 2 aromatic rings. The van der Waals surface area contributed by atoms with Crippen LogP contribution in [0.15, 0.2) is 60.7 Å². The van der Waals surface area contributed by atoms with Gasteiger partial charge in [0.05, 0.1) is 0 Å². The standard InChI is InChI=1S/C17H16N2O3/c1-18(15(20)13-9-5-3-6-10-13)17(22)19(2)16(21)14-11-7-4-8-12-14/h3-12H,1-2H3. The van der Waals surface area contributed by atoms with E-state index in [0.717, 1.165) is 9.80 Å². The third-order valence-corrected chi connectivity index (χ3v) is 3.22. The van der Waals surface area contributed by atoms with Crippen LogP contribution in [0.5, 0.6) is 0 Å². The molecular formula is C17H16N2O3. The average Bonchev–Trinajstić information content (AvgIpc) is 2.60. The molecule has 4 amide bonds. The van der Waals surface area contributed by atoms with Crippen LogP contribution >= 0.6 is 0 Å². The largest absolute Gasteiger partial charge is 0.333 e. The highest BCUT2D eigenvalue weighted by molar-refractivity contribution is 6.10. The van der Waals surface area contributed by atoms with E-state index in [1.807, 2.05) is 0 Å². The predicted molar refractivity (Wildman–Crippen MR) is 82.5 cm³/mol. The number of carbonyl (C=O) groups excluding carboxylic acids is 3. The van der Waals surface area contributed by atoms with E-state index in [4.69, 9.17) is 0 Å². The number of nitrogens with zero attached hydrogens (tertiary/aromatic N) is 2. The second-order valence-electron chi connectivity index (χ2n) is 4.74. The van der Waals surface area contributed by atoms with Gasteiger partial charge in [-0.05, 0) is 24.3 Å². The molecule has 0 saturated carbocycles. The minimum atomic E-state index is -0.678. The third-order valence-electron chi connectivity index (χ3n) is 3.22. The Balaban J connectivity index is 2.13. The van der Waals surface area contributed by atoms with Gasteiger partial charge in [0.25, 0.3) is 11.8 Å². The molecule has 5 nitrogen and oxygen atoms in total. The van der Waals surface area contributed by atoms with E-state index in [-0.39, 0.29) is 0 Å². The fourth-order valence-electron chi connectivity index (χ4n) is 1.95. The molecule has 0 bridgehead atoms. The van der Waals surface area contributed by atoms with Crippen molar-refractivity contribution in [2.24, 2.45) is 0 Å². The first-order valence-electron chi connectivity index (χ1n) is 6.72. The van der Waals surface area contributed by atoms with E-state index in [1.54, 1.807) is 60.7 Å².